The fourth-order valence-corrected chi connectivity index (χ4v) is 3.41. The van der Waals surface area contributed by atoms with Crippen LogP contribution >= 0.6 is 23.2 Å². The molecule has 0 bridgehead atoms. The van der Waals surface area contributed by atoms with Gasteiger partial charge in [0.05, 0.1) is 17.6 Å². The number of rotatable bonds is 9. The maximum Gasteiger partial charge on any atom is 0.145 e. The van der Waals surface area contributed by atoms with Gasteiger partial charge >= 0.3 is 0 Å². The first-order valence-corrected chi connectivity index (χ1v) is 10.7. The van der Waals surface area contributed by atoms with Crippen LogP contribution in [0.25, 0.3) is 22.5 Å². The third-order valence-electron chi connectivity index (χ3n) is 4.86. The molecule has 0 unspecified atom stereocenters. The molecule has 1 aromatic heterocycles. The molecular formula is C23H26Cl2N4. The molecule has 29 heavy (non-hydrogen) atoms. The fraction of sp³-hybridized carbons (Fsp3) is 0.304. The van der Waals surface area contributed by atoms with Gasteiger partial charge in [0.1, 0.15) is 5.82 Å². The number of aromatic nitrogens is 2. The summed E-state index contributed by atoms with van der Waals surface area (Å²) in [4.78, 5) is 12.0. The zero-order chi connectivity index (χ0) is 20.6. The first-order chi connectivity index (χ1) is 14.1. The maximum atomic E-state index is 6.07. The minimum absolute atomic E-state index is 0.695. The SMILES string of the molecule is CCN(CC)CCCNc1cnc(-c2ccc(Cl)cc2)c(-c2ccc(Cl)cc2)n1. The van der Waals surface area contributed by atoms with Gasteiger partial charge in [0, 0.05) is 27.7 Å². The van der Waals surface area contributed by atoms with Gasteiger partial charge in [-0.25, -0.2) is 4.98 Å². The van der Waals surface area contributed by atoms with Gasteiger partial charge in [0.15, 0.2) is 0 Å². The second kappa shape index (κ2) is 10.6. The molecule has 0 aliphatic heterocycles. The van der Waals surface area contributed by atoms with E-state index < -0.39 is 0 Å². The summed E-state index contributed by atoms with van der Waals surface area (Å²) in [5.74, 6) is 0.771. The molecule has 1 heterocycles. The highest BCUT2D eigenvalue weighted by atomic mass is 35.5. The number of benzene rings is 2. The Morgan fingerprint density at radius 2 is 1.38 bits per heavy atom. The molecule has 1 N–H and O–H groups in total. The molecule has 0 saturated heterocycles. The zero-order valence-electron chi connectivity index (χ0n) is 16.8. The monoisotopic (exact) mass is 428 g/mol. The van der Waals surface area contributed by atoms with Gasteiger partial charge in [-0.05, 0) is 50.3 Å². The quantitative estimate of drug-likeness (QED) is 0.408. The molecule has 6 heteroatoms. The predicted molar refractivity (Wildman–Crippen MR) is 124 cm³/mol. The van der Waals surface area contributed by atoms with Crippen molar-refractivity contribution < 1.29 is 0 Å². The molecule has 0 atom stereocenters. The number of nitrogens with zero attached hydrogens (tertiary/aromatic N) is 3. The average Bonchev–Trinajstić information content (AvgIpc) is 2.75. The van der Waals surface area contributed by atoms with Crippen LogP contribution in [0.2, 0.25) is 10.0 Å². The van der Waals surface area contributed by atoms with Gasteiger partial charge in [-0.2, -0.15) is 0 Å². The van der Waals surface area contributed by atoms with E-state index in [1.54, 1.807) is 6.20 Å². The van der Waals surface area contributed by atoms with Gasteiger partial charge in [-0.15, -0.1) is 0 Å². The van der Waals surface area contributed by atoms with Gasteiger partial charge in [-0.1, -0.05) is 61.3 Å². The van der Waals surface area contributed by atoms with Gasteiger partial charge in [0.25, 0.3) is 0 Å². The second-order valence-electron chi connectivity index (χ2n) is 6.77. The summed E-state index contributed by atoms with van der Waals surface area (Å²) in [6.07, 6.45) is 2.85. The molecular weight excluding hydrogens is 403 g/mol. The Kier molecular flexibility index (Phi) is 7.87. The molecule has 0 aliphatic rings. The van der Waals surface area contributed by atoms with E-state index in [4.69, 9.17) is 33.2 Å². The van der Waals surface area contributed by atoms with Crippen molar-refractivity contribution in [1.82, 2.24) is 14.9 Å². The van der Waals surface area contributed by atoms with E-state index in [1.165, 1.54) is 0 Å². The third-order valence-corrected chi connectivity index (χ3v) is 5.36. The molecule has 0 aliphatic carbocycles. The van der Waals surface area contributed by atoms with Crippen molar-refractivity contribution in [3.63, 3.8) is 0 Å². The standard InChI is InChI=1S/C23H26Cl2N4/c1-3-29(4-2)15-5-14-26-21-16-27-22(17-6-10-19(24)11-7-17)23(28-21)18-8-12-20(25)13-9-18/h6-13,16H,3-5,14-15H2,1-2H3,(H,26,28). The van der Waals surface area contributed by atoms with E-state index in [2.05, 4.69) is 24.1 Å². The number of hydrogen-bond acceptors (Lipinski definition) is 4. The highest BCUT2D eigenvalue weighted by Crippen LogP contribution is 2.31. The molecule has 0 fully saturated rings. The normalized spacial score (nSPS) is 11.1. The highest BCUT2D eigenvalue weighted by Gasteiger charge is 2.12. The molecule has 152 valence electrons. The number of anilines is 1. The summed E-state index contributed by atoms with van der Waals surface area (Å²) in [6, 6.07) is 15.3. The summed E-state index contributed by atoms with van der Waals surface area (Å²) in [7, 11) is 0. The van der Waals surface area contributed by atoms with E-state index in [0.29, 0.717) is 10.0 Å². The van der Waals surface area contributed by atoms with Crippen LogP contribution in [0, 0.1) is 0 Å². The Hall–Kier alpha value is -2.14. The van der Waals surface area contributed by atoms with Crippen LogP contribution in [0.3, 0.4) is 0 Å². The molecule has 4 nitrogen and oxygen atoms in total. The lowest BCUT2D eigenvalue weighted by molar-refractivity contribution is 0.303. The molecule has 0 radical (unpaired) electrons. The fourth-order valence-electron chi connectivity index (χ4n) is 3.16. The smallest absolute Gasteiger partial charge is 0.145 e. The van der Waals surface area contributed by atoms with Gasteiger partial charge < -0.3 is 10.2 Å². The summed E-state index contributed by atoms with van der Waals surface area (Å²) in [5, 5.41) is 4.80. The highest BCUT2D eigenvalue weighted by molar-refractivity contribution is 6.31. The second-order valence-corrected chi connectivity index (χ2v) is 7.65. The molecule has 0 spiro atoms. The minimum atomic E-state index is 0.695. The van der Waals surface area contributed by atoms with Crippen LogP contribution < -0.4 is 5.32 Å². The van der Waals surface area contributed by atoms with Crippen molar-refractivity contribution in [2.75, 3.05) is 31.5 Å². The van der Waals surface area contributed by atoms with E-state index in [9.17, 15) is 0 Å². The van der Waals surface area contributed by atoms with Crippen LogP contribution in [-0.4, -0.2) is 41.0 Å². The van der Waals surface area contributed by atoms with Gasteiger partial charge in [-0.3, -0.25) is 4.98 Å². The molecule has 3 aromatic rings. The summed E-state index contributed by atoms with van der Waals surface area (Å²) >= 11 is 12.1. The minimum Gasteiger partial charge on any atom is -0.369 e. The summed E-state index contributed by atoms with van der Waals surface area (Å²) < 4.78 is 0. The Morgan fingerprint density at radius 1 is 0.828 bits per heavy atom. The molecule has 0 amide bonds. The van der Waals surface area contributed by atoms with Crippen molar-refractivity contribution in [3.8, 4) is 22.5 Å². The summed E-state index contributed by atoms with van der Waals surface area (Å²) in [5.41, 5.74) is 3.58. The molecule has 2 aromatic carbocycles. The Balaban J connectivity index is 1.84. The Bertz CT molecular complexity index is 907. The van der Waals surface area contributed by atoms with E-state index >= 15 is 0 Å². The van der Waals surface area contributed by atoms with E-state index in [-0.39, 0.29) is 0 Å². The first kappa shape index (κ1) is 21.6. The van der Waals surface area contributed by atoms with Crippen LogP contribution in [-0.2, 0) is 0 Å². The van der Waals surface area contributed by atoms with Crippen molar-refractivity contribution in [2.45, 2.75) is 20.3 Å². The largest absolute Gasteiger partial charge is 0.369 e. The third kappa shape index (κ3) is 5.92. The van der Waals surface area contributed by atoms with Crippen molar-refractivity contribution >= 4 is 29.0 Å². The lowest BCUT2D eigenvalue weighted by Gasteiger charge is -2.18. The topological polar surface area (TPSA) is 41.0 Å². The van der Waals surface area contributed by atoms with Crippen LogP contribution in [0.15, 0.2) is 54.7 Å². The van der Waals surface area contributed by atoms with Crippen molar-refractivity contribution in [1.29, 1.82) is 0 Å². The summed E-state index contributed by atoms with van der Waals surface area (Å²) in [6.45, 7) is 8.46. The zero-order valence-corrected chi connectivity index (χ0v) is 18.3. The Morgan fingerprint density at radius 3 is 1.93 bits per heavy atom. The Labute approximate surface area is 182 Å². The number of halogens is 2. The van der Waals surface area contributed by atoms with Crippen LogP contribution in [0.4, 0.5) is 5.82 Å². The predicted octanol–water partition coefficient (Wildman–Crippen LogP) is 6.26. The molecule has 3 rings (SSSR count). The van der Waals surface area contributed by atoms with E-state index in [0.717, 1.165) is 60.9 Å². The first-order valence-electron chi connectivity index (χ1n) is 9.95. The lowest BCUT2D eigenvalue weighted by Crippen LogP contribution is -2.25. The maximum absolute atomic E-state index is 6.07. The average molecular weight is 429 g/mol. The van der Waals surface area contributed by atoms with Crippen LogP contribution in [0.5, 0.6) is 0 Å². The lowest BCUT2D eigenvalue weighted by atomic mass is 10.0. The van der Waals surface area contributed by atoms with E-state index in [1.807, 2.05) is 48.5 Å². The van der Waals surface area contributed by atoms with Gasteiger partial charge in [0.2, 0.25) is 0 Å². The van der Waals surface area contributed by atoms with Crippen molar-refractivity contribution in [2.24, 2.45) is 0 Å². The number of hydrogen-bond donors (Lipinski definition) is 1. The molecule has 0 saturated carbocycles. The van der Waals surface area contributed by atoms with Crippen molar-refractivity contribution in [3.05, 3.63) is 64.8 Å². The number of nitrogens with one attached hydrogen (secondary N) is 1. The van der Waals surface area contributed by atoms with Crippen LogP contribution in [0.1, 0.15) is 20.3 Å².